The lowest BCUT2D eigenvalue weighted by Crippen LogP contribution is -2.07. The van der Waals surface area contributed by atoms with E-state index < -0.39 is 0 Å². The quantitative estimate of drug-likeness (QED) is 0.620. The van der Waals surface area contributed by atoms with Crippen molar-refractivity contribution in [1.82, 2.24) is 0 Å². The number of carbonyl (C=O) groups is 1. The zero-order valence-electron chi connectivity index (χ0n) is 8.63. The summed E-state index contributed by atoms with van der Waals surface area (Å²) in [5, 5.41) is 0. The Morgan fingerprint density at radius 3 is 2.53 bits per heavy atom. The Hall–Kier alpha value is -1.09. The zero-order valence-corrected chi connectivity index (χ0v) is 10.2. The molecule has 0 aliphatic rings. The fourth-order valence-corrected chi connectivity index (χ4v) is 1.30. The summed E-state index contributed by atoms with van der Waals surface area (Å²) in [6.45, 7) is 5.55. The van der Waals surface area contributed by atoms with Crippen LogP contribution in [0.15, 0.2) is 40.9 Å². The molecule has 0 heterocycles. The molecule has 1 aromatic carbocycles. The van der Waals surface area contributed by atoms with E-state index in [1.165, 1.54) is 0 Å². The van der Waals surface area contributed by atoms with E-state index >= 15 is 0 Å². The van der Waals surface area contributed by atoms with Gasteiger partial charge in [0.25, 0.3) is 0 Å². The van der Waals surface area contributed by atoms with Crippen LogP contribution in [-0.2, 0) is 16.0 Å². The Kier molecular flexibility index (Phi) is 4.56. The molecule has 0 bridgehead atoms. The standard InChI is InChI=1S/C12H13BrO2/c1-9(2)12(14)15-8-7-10-3-5-11(13)6-4-10/h3-6H,1,7-8H2,2H3. The number of halogens is 1. The minimum Gasteiger partial charge on any atom is -0.462 e. The van der Waals surface area contributed by atoms with Gasteiger partial charge in [-0.3, -0.25) is 0 Å². The second-order valence-corrected chi connectivity index (χ2v) is 4.21. The van der Waals surface area contributed by atoms with E-state index in [0.717, 1.165) is 16.5 Å². The molecule has 0 unspecified atom stereocenters. The first kappa shape index (κ1) is 12.0. The highest BCUT2D eigenvalue weighted by atomic mass is 79.9. The topological polar surface area (TPSA) is 26.3 Å². The largest absolute Gasteiger partial charge is 0.462 e. The average Bonchev–Trinajstić information content (AvgIpc) is 2.20. The van der Waals surface area contributed by atoms with Crippen LogP contribution in [-0.4, -0.2) is 12.6 Å². The molecular weight excluding hydrogens is 256 g/mol. The number of ether oxygens (including phenoxy) is 1. The lowest BCUT2D eigenvalue weighted by atomic mass is 10.2. The average molecular weight is 269 g/mol. The summed E-state index contributed by atoms with van der Waals surface area (Å²) in [7, 11) is 0. The molecular formula is C12H13BrO2. The molecule has 0 spiro atoms. The van der Waals surface area contributed by atoms with Crippen molar-refractivity contribution in [3.05, 3.63) is 46.5 Å². The molecule has 0 saturated heterocycles. The predicted molar refractivity (Wildman–Crippen MR) is 63.6 cm³/mol. The van der Waals surface area contributed by atoms with Gasteiger partial charge in [0.1, 0.15) is 0 Å². The normalized spacial score (nSPS) is 9.73. The van der Waals surface area contributed by atoms with Gasteiger partial charge in [-0.05, 0) is 24.6 Å². The molecule has 0 amide bonds. The van der Waals surface area contributed by atoms with Crippen molar-refractivity contribution < 1.29 is 9.53 Å². The minimum absolute atomic E-state index is 0.327. The third-order valence-corrected chi connectivity index (χ3v) is 2.41. The summed E-state index contributed by atoms with van der Waals surface area (Å²) >= 11 is 3.36. The van der Waals surface area contributed by atoms with Gasteiger partial charge in [-0.1, -0.05) is 34.6 Å². The van der Waals surface area contributed by atoms with Crippen LogP contribution in [0.4, 0.5) is 0 Å². The van der Waals surface area contributed by atoms with Crippen LogP contribution < -0.4 is 0 Å². The van der Waals surface area contributed by atoms with Gasteiger partial charge in [0.2, 0.25) is 0 Å². The van der Waals surface area contributed by atoms with E-state index in [1.54, 1.807) is 6.92 Å². The van der Waals surface area contributed by atoms with Gasteiger partial charge in [-0.25, -0.2) is 4.79 Å². The summed E-state index contributed by atoms with van der Waals surface area (Å²) in [5.41, 5.74) is 1.58. The van der Waals surface area contributed by atoms with Crippen LogP contribution in [0.3, 0.4) is 0 Å². The summed E-state index contributed by atoms with van der Waals surface area (Å²) in [4.78, 5) is 11.1. The maximum atomic E-state index is 11.1. The van der Waals surface area contributed by atoms with E-state index in [2.05, 4.69) is 22.5 Å². The fourth-order valence-electron chi connectivity index (χ4n) is 1.04. The molecule has 0 atom stereocenters. The number of carbonyl (C=O) groups excluding carboxylic acids is 1. The van der Waals surface area contributed by atoms with Gasteiger partial charge in [0.15, 0.2) is 0 Å². The highest BCUT2D eigenvalue weighted by molar-refractivity contribution is 9.10. The second-order valence-electron chi connectivity index (χ2n) is 3.29. The lowest BCUT2D eigenvalue weighted by Gasteiger charge is -2.04. The van der Waals surface area contributed by atoms with E-state index in [9.17, 15) is 4.79 Å². The summed E-state index contributed by atoms with van der Waals surface area (Å²) in [6.07, 6.45) is 0.728. The number of hydrogen-bond donors (Lipinski definition) is 0. The van der Waals surface area contributed by atoms with Gasteiger partial charge < -0.3 is 4.74 Å². The number of rotatable bonds is 4. The molecule has 1 aromatic rings. The van der Waals surface area contributed by atoms with Crippen molar-refractivity contribution >= 4 is 21.9 Å². The Bertz CT molecular complexity index is 354. The van der Waals surface area contributed by atoms with Crippen LogP contribution in [0.2, 0.25) is 0 Å². The molecule has 0 saturated carbocycles. The van der Waals surface area contributed by atoms with Crippen molar-refractivity contribution in [2.75, 3.05) is 6.61 Å². The first-order chi connectivity index (χ1) is 7.09. The predicted octanol–water partition coefficient (Wildman–Crippen LogP) is 3.11. The zero-order chi connectivity index (χ0) is 11.3. The maximum Gasteiger partial charge on any atom is 0.333 e. The van der Waals surface area contributed by atoms with Gasteiger partial charge in [-0.2, -0.15) is 0 Å². The molecule has 1 rings (SSSR count). The van der Waals surface area contributed by atoms with Gasteiger partial charge in [0, 0.05) is 16.5 Å². The van der Waals surface area contributed by atoms with Gasteiger partial charge >= 0.3 is 5.97 Å². The maximum absolute atomic E-state index is 11.1. The Labute approximate surface area is 98.1 Å². The van der Waals surface area contributed by atoms with Gasteiger partial charge in [-0.15, -0.1) is 0 Å². The molecule has 0 aliphatic carbocycles. The van der Waals surface area contributed by atoms with Crippen molar-refractivity contribution in [3.8, 4) is 0 Å². The molecule has 0 radical (unpaired) electrons. The van der Waals surface area contributed by atoms with Crippen LogP contribution in [0.5, 0.6) is 0 Å². The molecule has 0 N–H and O–H groups in total. The molecule has 0 aromatic heterocycles. The molecule has 2 nitrogen and oxygen atoms in total. The Morgan fingerprint density at radius 1 is 1.40 bits per heavy atom. The Balaban J connectivity index is 2.35. The van der Waals surface area contributed by atoms with Crippen LogP contribution in [0.25, 0.3) is 0 Å². The summed E-state index contributed by atoms with van der Waals surface area (Å²) in [6, 6.07) is 7.93. The number of hydrogen-bond acceptors (Lipinski definition) is 2. The van der Waals surface area contributed by atoms with Crippen molar-refractivity contribution in [3.63, 3.8) is 0 Å². The molecule has 0 fully saturated rings. The number of esters is 1. The smallest absolute Gasteiger partial charge is 0.333 e. The highest BCUT2D eigenvalue weighted by Crippen LogP contribution is 2.10. The fraction of sp³-hybridized carbons (Fsp3) is 0.250. The third-order valence-electron chi connectivity index (χ3n) is 1.89. The molecule has 80 valence electrons. The van der Waals surface area contributed by atoms with E-state index in [-0.39, 0.29) is 5.97 Å². The minimum atomic E-state index is -0.327. The Morgan fingerprint density at radius 2 is 2.00 bits per heavy atom. The highest BCUT2D eigenvalue weighted by Gasteiger charge is 2.02. The van der Waals surface area contributed by atoms with Crippen molar-refractivity contribution in [2.45, 2.75) is 13.3 Å². The third kappa shape index (κ3) is 4.30. The van der Waals surface area contributed by atoms with Crippen LogP contribution in [0, 0.1) is 0 Å². The van der Waals surface area contributed by atoms with Gasteiger partial charge in [0.05, 0.1) is 6.61 Å². The van der Waals surface area contributed by atoms with E-state index in [4.69, 9.17) is 4.74 Å². The second kappa shape index (κ2) is 5.71. The lowest BCUT2D eigenvalue weighted by molar-refractivity contribution is -0.138. The first-order valence-corrected chi connectivity index (χ1v) is 5.46. The molecule has 15 heavy (non-hydrogen) atoms. The molecule has 0 aliphatic heterocycles. The number of benzene rings is 1. The van der Waals surface area contributed by atoms with E-state index in [0.29, 0.717) is 12.2 Å². The van der Waals surface area contributed by atoms with Crippen LogP contribution in [0.1, 0.15) is 12.5 Å². The summed E-state index contributed by atoms with van der Waals surface area (Å²) in [5.74, 6) is -0.327. The van der Waals surface area contributed by atoms with Crippen LogP contribution >= 0.6 is 15.9 Å². The monoisotopic (exact) mass is 268 g/mol. The first-order valence-electron chi connectivity index (χ1n) is 4.66. The molecule has 3 heteroatoms. The van der Waals surface area contributed by atoms with E-state index in [1.807, 2.05) is 24.3 Å². The van der Waals surface area contributed by atoms with Crippen molar-refractivity contribution in [1.29, 1.82) is 0 Å². The van der Waals surface area contributed by atoms with Crippen molar-refractivity contribution in [2.24, 2.45) is 0 Å². The SMILES string of the molecule is C=C(C)C(=O)OCCc1ccc(Br)cc1. The summed E-state index contributed by atoms with van der Waals surface area (Å²) < 4.78 is 6.03.